The summed E-state index contributed by atoms with van der Waals surface area (Å²) in [4.78, 5) is 15.4. The number of alkyl halides is 2. The Labute approximate surface area is 216 Å². The molecule has 5 nitrogen and oxygen atoms in total. The van der Waals surface area contributed by atoms with Crippen molar-refractivity contribution in [3.05, 3.63) is 35.9 Å². The first kappa shape index (κ1) is 29.0. The van der Waals surface area contributed by atoms with E-state index in [0.717, 1.165) is 44.3 Å². The molecule has 1 saturated heterocycles. The van der Waals surface area contributed by atoms with Crippen LogP contribution in [0.15, 0.2) is 30.3 Å². The highest BCUT2D eigenvalue weighted by Gasteiger charge is 2.36. The van der Waals surface area contributed by atoms with Gasteiger partial charge in [-0.25, -0.2) is 8.78 Å². The first-order chi connectivity index (χ1) is 17.4. The van der Waals surface area contributed by atoms with Gasteiger partial charge in [-0.05, 0) is 76.4 Å². The van der Waals surface area contributed by atoms with Crippen LogP contribution in [-0.2, 0) is 14.3 Å². The molecule has 1 aliphatic carbocycles. The highest BCUT2D eigenvalue weighted by molar-refractivity contribution is 5.76. The number of ether oxygens (including phenoxy) is 2. The molecule has 0 unspecified atom stereocenters. The number of halogens is 2. The summed E-state index contributed by atoms with van der Waals surface area (Å²) in [6.45, 7) is 6.26. The second-order valence-corrected chi connectivity index (χ2v) is 10.7. The topological polar surface area (TPSA) is 50.8 Å². The Balaban J connectivity index is 1.57. The lowest BCUT2D eigenvalue weighted by Crippen LogP contribution is -2.43. The normalized spacial score (nSPS) is 22.3. The average molecular weight is 509 g/mol. The van der Waals surface area contributed by atoms with Crippen LogP contribution in [0.4, 0.5) is 8.78 Å². The fourth-order valence-electron chi connectivity index (χ4n) is 5.86. The lowest BCUT2D eigenvalue weighted by molar-refractivity contribution is -0.136. The molecule has 2 aliphatic rings. The predicted octanol–water partition coefficient (Wildman–Crippen LogP) is 5.85. The van der Waals surface area contributed by atoms with Gasteiger partial charge in [0.05, 0.1) is 6.10 Å². The molecule has 1 N–H and O–H groups in total. The molecule has 1 saturated carbocycles. The van der Waals surface area contributed by atoms with E-state index in [0.29, 0.717) is 45.6 Å². The molecule has 3 atom stereocenters. The number of carbonyl (C=O) groups excluding carboxylic acids is 1. The largest absolute Gasteiger partial charge is 0.382 e. The molecule has 0 radical (unpaired) electrons. The summed E-state index contributed by atoms with van der Waals surface area (Å²) >= 11 is 0. The van der Waals surface area contributed by atoms with Crippen LogP contribution in [0, 0.1) is 17.8 Å². The zero-order valence-corrected chi connectivity index (χ0v) is 22.2. The Kier molecular flexibility index (Phi) is 12.1. The average Bonchev–Trinajstić information content (AvgIpc) is 2.88. The van der Waals surface area contributed by atoms with Crippen molar-refractivity contribution >= 4 is 5.91 Å². The van der Waals surface area contributed by atoms with Crippen molar-refractivity contribution < 1.29 is 23.0 Å². The first-order valence-corrected chi connectivity index (χ1v) is 14.0. The van der Waals surface area contributed by atoms with Crippen molar-refractivity contribution in [3.63, 3.8) is 0 Å². The van der Waals surface area contributed by atoms with Crippen LogP contribution < -0.4 is 5.32 Å². The molecule has 36 heavy (non-hydrogen) atoms. The van der Waals surface area contributed by atoms with E-state index in [1.807, 2.05) is 37.1 Å². The number of hydrogen-bond acceptors (Lipinski definition) is 4. The molecule has 0 aromatic heterocycles. The molecule has 1 amide bonds. The van der Waals surface area contributed by atoms with E-state index in [9.17, 15) is 13.6 Å². The van der Waals surface area contributed by atoms with Crippen molar-refractivity contribution in [3.8, 4) is 0 Å². The van der Waals surface area contributed by atoms with Crippen LogP contribution in [-0.4, -0.2) is 63.2 Å². The third-order valence-electron chi connectivity index (χ3n) is 7.76. The number of nitrogens with zero attached hydrogens (tertiary/aromatic N) is 1. The van der Waals surface area contributed by atoms with E-state index >= 15 is 0 Å². The zero-order chi connectivity index (χ0) is 25.8. The van der Waals surface area contributed by atoms with Crippen molar-refractivity contribution in [2.24, 2.45) is 17.8 Å². The quantitative estimate of drug-likeness (QED) is 0.320. The fourth-order valence-corrected chi connectivity index (χ4v) is 5.86. The lowest BCUT2D eigenvalue weighted by atomic mass is 9.80. The van der Waals surface area contributed by atoms with Gasteiger partial charge in [0.2, 0.25) is 11.8 Å². The van der Waals surface area contributed by atoms with Gasteiger partial charge in [-0.3, -0.25) is 4.79 Å². The summed E-state index contributed by atoms with van der Waals surface area (Å²) in [5, 5.41) is 3.22. The molecular formula is C29H46F2N2O3. The first-order valence-electron chi connectivity index (χ1n) is 14.0. The van der Waals surface area contributed by atoms with Crippen LogP contribution in [0.1, 0.15) is 76.4 Å². The van der Waals surface area contributed by atoms with E-state index < -0.39 is 5.92 Å². The van der Waals surface area contributed by atoms with E-state index in [-0.39, 0.29) is 42.6 Å². The number of hydrogen-bond donors (Lipinski definition) is 1. The van der Waals surface area contributed by atoms with Crippen molar-refractivity contribution in [1.82, 2.24) is 10.2 Å². The van der Waals surface area contributed by atoms with E-state index in [1.54, 1.807) is 0 Å². The second-order valence-electron chi connectivity index (χ2n) is 10.7. The Morgan fingerprint density at radius 1 is 1.17 bits per heavy atom. The van der Waals surface area contributed by atoms with E-state index in [1.165, 1.54) is 0 Å². The molecule has 3 rings (SSSR count). The number of piperidine rings is 1. The van der Waals surface area contributed by atoms with Crippen LogP contribution in [0.5, 0.6) is 0 Å². The highest BCUT2D eigenvalue weighted by Crippen LogP contribution is 2.39. The number of amides is 1. The molecule has 204 valence electrons. The number of carbonyl (C=O) groups is 1. The number of likely N-dealkylation sites (tertiary alicyclic amines) is 1. The van der Waals surface area contributed by atoms with Gasteiger partial charge >= 0.3 is 0 Å². The molecule has 0 spiro atoms. The maximum Gasteiger partial charge on any atom is 0.248 e. The maximum absolute atomic E-state index is 13.6. The molecular weight excluding hydrogens is 462 g/mol. The Hall–Kier alpha value is -1.57. The minimum Gasteiger partial charge on any atom is -0.382 e. The van der Waals surface area contributed by atoms with Crippen LogP contribution in [0.3, 0.4) is 0 Å². The summed E-state index contributed by atoms with van der Waals surface area (Å²) < 4.78 is 39.0. The number of benzene rings is 1. The number of rotatable bonds is 14. The predicted molar refractivity (Wildman–Crippen MR) is 139 cm³/mol. The highest BCUT2D eigenvalue weighted by atomic mass is 19.3. The Morgan fingerprint density at radius 2 is 1.92 bits per heavy atom. The van der Waals surface area contributed by atoms with Gasteiger partial charge in [-0.1, -0.05) is 30.3 Å². The third kappa shape index (κ3) is 9.38. The van der Waals surface area contributed by atoms with Crippen LogP contribution in [0.2, 0.25) is 0 Å². The lowest BCUT2D eigenvalue weighted by Gasteiger charge is -2.38. The van der Waals surface area contributed by atoms with E-state index in [2.05, 4.69) is 17.4 Å². The van der Waals surface area contributed by atoms with Crippen LogP contribution in [0.25, 0.3) is 0 Å². The zero-order valence-electron chi connectivity index (χ0n) is 22.2. The van der Waals surface area contributed by atoms with Gasteiger partial charge < -0.3 is 19.7 Å². The van der Waals surface area contributed by atoms with Crippen molar-refractivity contribution in [2.45, 2.75) is 76.7 Å². The molecule has 0 bridgehead atoms. The van der Waals surface area contributed by atoms with Gasteiger partial charge in [0, 0.05) is 58.1 Å². The minimum absolute atomic E-state index is 0.0167. The summed E-state index contributed by atoms with van der Waals surface area (Å²) in [6.07, 6.45) is 5.22. The molecule has 1 aromatic carbocycles. The summed E-state index contributed by atoms with van der Waals surface area (Å²) in [5.74, 6) is -1.60. The molecule has 2 fully saturated rings. The van der Waals surface area contributed by atoms with Crippen molar-refractivity contribution in [2.75, 3.05) is 46.5 Å². The van der Waals surface area contributed by atoms with Crippen molar-refractivity contribution in [1.29, 1.82) is 0 Å². The maximum atomic E-state index is 13.6. The van der Waals surface area contributed by atoms with Gasteiger partial charge in [0.15, 0.2) is 0 Å². The molecule has 1 aliphatic heterocycles. The Morgan fingerprint density at radius 3 is 2.61 bits per heavy atom. The summed E-state index contributed by atoms with van der Waals surface area (Å²) in [6, 6.07) is 10.3. The monoisotopic (exact) mass is 508 g/mol. The SMILES string of the molecule is CCOCCCO[C@@H](c1ccccc1)[C@@H]1CCCN(C(=O)C[C@H](CNC)CC2CCC(F)(F)CC2)C1. The van der Waals surface area contributed by atoms with E-state index in [4.69, 9.17) is 9.47 Å². The van der Waals surface area contributed by atoms with Crippen LogP contribution >= 0.6 is 0 Å². The standard InChI is InChI=1S/C29H46F2N2O3/c1-3-35-17-8-18-36-28(25-9-5-4-6-10-25)26-11-7-16-33(22-26)27(34)20-24(21-32-2)19-23-12-14-29(30,31)15-13-23/h4-6,9-10,23-24,26,28,32H,3,7-8,11-22H2,1-2H3/t24-,26-,28+/m1/s1. The van der Waals surface area contributed by atoms with Gasteiger partial charge in [0.25, 0.3) is 0 Å². The molecule has 1 heterocycles. The molecule has 7 heteroatoms. The second kappa shape index (κ2) is 15.0. The third-order valence-corrected chi connectivity index (χ3v) is 7.76. The van der Waals surface area contributed by atoms with Gasteiger partial charge in [-0.15, -0.1) is 0 Å². The number of nitrogens with one attached hydrogen (secondary N) is 1. The van der Waals surface area contributed by atoms with Gasteiger partial charge in [0.1, 0.15) is 0 Å². The summed E-state index contributed by atoms with van der Waals surface area (Å²) in [5.41, 5.74) is 1.16. The smallest absolute Gasteiger partial charge is 0.248 e. The van der Waals surface area contributed by atoms with Gasteiger partial charge in [-0.2, -0.15) is 0 Å². The summed E-state index contributed by atoms with van der Waals surface area (Å²) in [7, 11) is 1.90. The Bertz CT molecular complexity index is 754. The molecule has 1 aromatic rings. The fraction of sp³-hybridized carbons (Fsp3) is 0.759. The minimum atomic E-state index is -2.51.